The zero-order valence-electron chi connectivity index (χ0n) is 11.1. The number of aromatic amines is 1. The highest BCUT2D eigenvalue weighted by atomic mass is 32.1. The number of rotatable bonds is 5. The fourth-order valence-corrected chi connectivity index (χ4v) is 3.05. The van der Waals surface area contributed by atoms with Gasteiger partial charge in [0.1, 0.15) is 18.0 Å². The Morgan fingerprint density at radius 3 is 3.00 bits per heavy atom. The number of pyridine rings is 1. The number of fused-ring (bicyclic) bond motifs is 1. The summed E-state index contributed by atoms with van der Waals surface area (Å²) in [6.07, 6.45) is 1.82. The summed E-state index contributed by atoms with van der Waals surface area (Å²) in [4.78, 5) is 20.3. The molecule has 0 saturated carbocycles. The van der Waals surface area contributed by atoms with Crippen LogP contribution in [-0.2, 0) is 11.3 Å². The van der Waals surface area contributed by atoms with Gasteiger partial charge in [0.15, 0.2) is 0 Å². The van der Waals surface area contributed by atoms with E-state index in [1.807, 2.05) is 30.5 Å². The van der Waals surface area contributed by atoms with Crippen molar-refractivity contribution in [3.05, 3.63) is 35.3 Å². The van der Waals surface area contributed by atoms with Crippen molar-refractivity contribution in [1.29, 1.82) is 0 Å². The Bertz CT molecular complexity index is 793. The molecule has 0 amide bonds. The highest BCUT2D eigenvalue weighted by Gasteiger charge is 2.11. The first kappa shape index (κ1) is 13.6. The minimum Gasteiger partial charge on any atom is -0.480 e. The number of hydrogen-bond donors (Lipinski definition) is 4. The van der Waals surface area contributed by atoms with Crippen molar-refractivity contribution in [2.75, 3.05) is 11.9 Å². The largest absolute Gasteiger partial charge is 0.480 e. The molecular weight excluding hydrogens is 288 g/mol. The van der Waals surface area contributed by atoms with Crippen LogP contribution in [0.15, 0.2) is 30.5 Å². The summed E-state index contributed by atoms with van der Waals surface area (Å²) in [6.45, 7) is 0.341. The van der Waals surface area contributed by atoms with Gasteiger partial charge >= 0.3 is 5.97 Å². The molecule has 0 fully saturated rings. The smallest absolute Gasteiger partial charge is 0.322 e. The zero-order valence-corrected chi connectivity index (χ0v) is 11.9. The number of carbonyl (C=O) groups is 1. The molecule has 0 unspecified atom stereocenters. The van der Waals surface area contributed by atoms with Crippen LogP contribution in [0, 0.1) is 0 Å². The van der Waals surface area contributed by atoms with Crippen LogP contribution in [-0.4, -0.2) is 27.6 Å². The van der Waals surface area contributed by atoms with E-state index in [0.717, 1.165) is 26.4 Å². The second kappa shape index (κ2) is 5.55. The third-order valence-corrected chi connectivity index (χ3v) is 4.22. The number of nitrogens with one attached hydrogen (secondary N) is 2. The normalized spacial score (nSPS) is 10.9. The van der Waals surface area contributed by atoms with Crippen LogP contribution in [0.4, 0.5) is 5.82 Å². The molecule has 0 spiro atoms. The van der Waals surface area contributed by atoms with Crippen molar-refractivity contribution < 1.29 is 9.90 Å². The van der Waals surface area contributed by atoms with E-state index in [1.54, 1.807) is 11.3 Å². The Morgan fingerprint density at radius 1 is 1.43 bits per heavy atom. The highest BCUT2D eigenvalue weighted by molar-refractivity contribution is 7.15. The molecule has 3 rings (SSSR count). The Morgan fingerprint density at radius 2 is 2.29 bits per heavy atom. The standard InChI is InChI=1S/C14H14N4O2S/c15-6-8-1-2-11(21-8)10-5-12(17-7-13(19)20)18-14-9(10)3-4-16-14/h1-5H,6-7,15H2,(H,19,20)(H2,16,17,18). The quantitative estimate of drug-likeness (QED) is 0.578. The van der Waals surface area contributed by atoms with Gasteiger partial charge in [0.25, 0.3) is 0 Å². The van der Waals surface area contributed by atoms with Crippen molar-refractivity contribution in [3.63, 3.8) is 0 Å². The van der Waals surface area contributed by atoms with Crippen molar-refractivity contribution in [2.45, 2.75) is 6.54 Å². The van der Waals surface area contributed by atoms with Gasteiger partial charge in [-0.25, -0.2) is 4.98 Å². The number of H-pyrrole nitrogens is 1. The Balaban J connectivity index is 2.06. The number of nitrogens with two attached hydrogens (primary N) is 1. The first-order valence-corrected chi connectivity index (χ1v) is 7.22. The molecule has 5 N–H and O–H groups in total. The maximum Gasteiger partial charge on any atom is 0.322 e. The number of anilines is 1. The number of aromatic nitrogens is 2. The zero-order chi connectivity index (χ0) is 14.8. The van der Waals surface area contributed by atoms with E-state index < -0.39 is 5.97 Å². The summed E-state index contributed by atoms with van der Waals surface area (Å²) >= 11 is 1.63. The fraction of sp³-hybridized carbons (Fsp3) is 0.143. The summed E-state index contributed by atoms with van der Waals surface area (Å²) in [7, 11) is 0. The topological polar surface area (TPSA) is 104 Å². The SMILES string of the molecule is NCc1ccc(-c2cc(NCC(=O)O)nc3[nH]ccc23)s1. The molecule has 3 heterocycles. The highest BCUT2D eigenvalue weighted by Crippen LogP contribution is 2.34. The average Bonchev–Trinajstić information content (AvgIpc) is 3.12. The second-order valence-electron chi connectivity index (χ2n) is 4.51. The third kappa shape index (κ3) is 2.74. The van der Waals surface area contributed by atoms with Gasteiger partial charge in [-0.15, -0.1) is 11.3 Å². The lowest BCUT2D eigenvalue weighted by Crippen LogP contribution is -2.13. The molecule has 108 valence electrons. The van der Waals surface area contributed by atoms with Gasteiger partial charge in [-0.2, -0.15) is 0 Å². The summed E-state index contributed by atoms with van der Waals surface area (Å²) in [5, 5.41) is 12.6. The minimum atomic E-state index is -0.925. The van der Waals surface area contributed by atoms with Gasteiger partial charge in [-0.1, -0.05) is 0 Å². The number of nitrogens with zero attached hydrogens (tertiary/aromatic N) is 1. The summed E-state index contributed by atoms with van der Waals surface area (Å²) in [5.74, 6) is -0.392. The number of aliphatic carboxylic acids is 1. The van der Waals surface area contributed by atoms with Gasteiger partial charge in [0, 0.05) is 33.4 Å². The molecule has 0 aliphatic rings. The monoisotopic (exact) mass is 302 g/mol. The number of carboxylic acids is 1. The van der Waals surface area contributed by atoms with Crippen LogP contribution in [0.25, 0.3) is 21.5 Å². The first-order chi connectivity index (χ1) is 10.2. The molecule has 21 heavy (non-hydrogen) atoms. The van der Waals surface area contributed by atoms with Crippen LogP contribution in [0.1, 0.15) is 4.88 Å². The maximum absolute atomic E-state index is 10.7. The molecule has 0 aliphatic carbocycles. The third-order valence-electron chi connectivity index (χ3n) is 3.08. The lowest BCUT2D eigenvalue weighted by atomic mass is 10.1. The van der Waals surface area contributed by atoms with E-state index in [4.69, 9.17) is 10.8 Å². The predicted molar refractivity (Wildman–Crippen MR) is 83.4 cm³/mol. The average molecular weight is 302 g/mol. The molecule has 0 radical (unpaired) electrons. The van der Waals surface area contributed by atoms with Gasteiger partial charge in [0.05, 0.1) is 0 Å². The molecule has 0 saturated heterocycles. The van der Waals surface area contributed by atoms with E-state index in [-0.39, 0.29) is 6.54 Å². The summed E-state index contributed by atoms with van der Waals surface area (Å²) in [6, 6.07) is 7.85. The van der Waals surface area contributed by atoms with Gasteiger partial charge in [-0.3, -0.25) is 4.79 Å². The maximum atomic E-state index is 10.7. The van der Waals surface area contributed by atoms with Crippen LogP contribution >= 0.6 is 11.3 Å². The van der Waals surface area contributed by atoms with Crippen molar-refractivity contribution >= 4 is 34.2 Å². The Hall–Kier alpha value is -2.38. The van der Waals surface area contributed by atoms with E-state index in [2.05, 4.69) is 15.3 Å². The van der Waals surface area contributed by atoms with Crippen molar-refractivity contribution in [2.24, 2.45) is 5.73 Å². The summed E-state index contributed by atoms with van der Waals surface area (Å²) in [5.41, 5.74) is 7.40. The Kier molecular flexibility index (Phi) is 3.59. The molecule has 0 aromatic carbocycles. The Labute approximate surface area is 124 Å². The molecule has 7 heteroatoms. The molecule has 3 aromatic heterocycles. The lowest BCUT2D eigenvalue weighted by Gasteiger charge is -2.06. The number of hydrogen-bond acceptors (Lipinski definition) is 5. The summed E-state index contributed by atoms with van der Waals surface area (Å²) < 4.78 is 0. The second-order valence-corrected chi connectivity index (χ2v) is 5.68. The van der Waals surface area contributed by atoms with Gasteiger partial charge in [-0.05, 0) is 24.3 Å². The van der Waals surface area contributed by atoms with Crippen molar-refractivity contribution in [1.82, 2.24) is 9.97 Å². The first-order valence-electron chi connectivity index (χ1n) is 6.40. The van der Waals surface area contributed by atoms with Crippen LogP contribution in [0.2, 0.25) is 0 Å². The van der Waals surface area contributed by atoms with E-state index in [9.17, 15) is 4.79 Å². The van der Waals surface area contributed by atoms with Crippen molar-refractivity contribution in [3.8, 4) is 10.4 Å². The van der Waals surface area contributed by atoms with E-state index in [1.165, 1.54) is 0 Å². The molecule has 0 bridgehead atoms. The number of carboxylic acid groups (broad SMARTS) is 1. The van der Waals surface area contributed by atoms with E-state index in [0.29, 0.717) is 12.4 Å². The molecule has 0 aliphatic heterocycles. The fourth-order valence-electron chi connectivity index (χ4n) is 2.13. The van der Waals surface area contributed by atoms with Crippen LogP contribution in [0.5, 0.6) is 0 Å². The van der Waals surface area contributed by atoms with E-state index >= 15 is 0 Å². The molecule has 6 nitrogen and oxygen atoms in total. The predicted octanol–water partition coefficient (Wildman–Crippen LogP) is 2.25. The van der Waals surface area contributed by atoms with Crippen LogP contribution in [0.3, 0.4) is 0 Å². The minimum absolute atomic E-state index is 0.169. The number of thiophene rings is 1. The lowest BCUT2D eigenvalue weighted by molar-refractivity contribution is -0.134. The van der Waals surface area contributed by atoms with Crippen LogP contribution < -0.4 is 11.1 Å². The molecule has 3 aromatic rings. The molecular formula is C14H14N4O2S. The van der Waals surface area contributed by atoms with Gasteiger partial charge < -0.3 is 21.1 Å². The van der Waals surface area contributed by atoms with Gasteiger partial charge in [0.2, 0.25) is 0 Å². The molecule has 0 atom stereocenters.